The minimum absolute atomic E-state index is 0.197. The lowest BCUT2D eigenvalue weighted by atomic mass is 9.87. The molecule has 0 aromatic rings. The molecular formula is C17H32O4. The number of aliphatic hydroxyl groups excluding tert-OH is 2. The molecule has 4 heteroatoms. The van der Waals surface area contributed by atoms with Gasteiger partial charge in [0.1, 0.15) is 0 Å². The van der Waals surface area contributed by atoms with Gasteiger partial charge in [0, 0.05) is 13.2 Å². The van der Waals surface area contributed by atoms with Gasteiger partial charge >= 0.3 is 0 Å². The van der Waals surface area contributed by atoms with Gasteiger partial charge in [-0.3, -0.25) is 0 Å². The zero-order valence-corrected chi connectivity index (χ0v) is 13.6. The van der Waals surface area contributed by atoms with Gasteiger partial charge in [-0.2, -0.15) is 0 Å². The third kappa shape index (κ3) is 5.51. The van der Waals surface area contributed by atoms with Gasteiger partial charge in [0.15, 0.2) is 5.79 Å². The van der Waals surface area contributed by atoms with Crippen LogP contribution in [0.5, 0.6) is 0 Å². The third-order valence-electron chi connectivity index (χ3n) is 4.89. The Morgan fingerprint density at radius 2 is 1.24 bits per heavy atom. The Morgan fingerprint density at radius 3 is 1.62 bits per heavy atom. The van der Waals surface area contributed by atoms with Crippen LogP contribution < -0.4 is 0 Å². The molecule has 0 bridgehead atoms. The molecule has 0 amide bonds. The van der Waals surface area contributed by atoms with E-state index in [2.05, 4.69) is 0 Å². The monoisotopic (exact) mass is 300 g/mol. The average Bonchev–Trinajstić information content (AvgIpc) is 2.46. The van der Waals surface area contributed by atoms with E-state index in [1.807, 2.05) is 13.8 Å². The van der Waals surface area contributed by atoms with E-state index >= 15 is 0 Å². The van der Waals surface area contributed by atoms with Gasteiger partial charge in [0.25, 0.3) is 0 Å². The van der Waals surface area contributed by atoms with E-state index < -0.39 is 5.79 Å². The first kappa shape index (κ1) is 17.2. The van der Waals surface area contributed by atoms with Crippen LogP contribution in [0, 0.1) is 11.8 Å². The van der Waals surface area contributed by atoms with Crippen molar-refractivity contribution in [1.82, 2.24) is 0 Å². The Hall–Kier alpha value is -0.160. The summed E-state index contributed by atoms with van der Waals surface area (Å²) in [6.07, 6.45) is 8.87. The molecule has 0 heterocycles. The van der Waals surface area contributed by atoms with E-state index in [4.69, 9.17) is 9.47 Å². The third-order valence-corrected chi connectivity index (χ3v) is 4.89. The Kier molecular flexibility index (Phi) is 6.48. The lowest BCUT2D eigenvalue weighted by molar-refractivity contribution is -0.269. The Balaban J connectivity index is 1.80. The quantitative estimate of drug-likeness (QED) is 0.741. The van der Waals surface area contributed by atoms with Crippen molar-refractivity contribution < 1.29 is 19.7 Å². The summed E-state index contributed by atoms with van der Waals surface area (Å²) in [5, 5.41) is 18.6. The molecule has 0 aromatic heterocycles. The molecule has 4 unspecified atom stereocenters. The van der Waals surface area contributed by atoms with Crippen LogP contribution in [0.4, 0.5) is 0 Å². The van der Waals surface area contributed by atoms with Crippen LogP contribution >= 0.6 is 0 Å². The molecule has 0 saturated heterocycles. The molecule has 2 aliphatic carbocycles. The van der Waals surface area contributed by atoms with E-state index in [0.717, 1.165) is 51.4 Å². The molecule has 0 spiro atoms. The molecule has 4 nitrogen and oxygen atoms in total. The second-order valence-corrected chi connectivity index (χ2v) is 7.31. The summed E-state index contributed by atoms with van der Waals surface area (Å²) in [5.74, 6) is 0.185. The molecule has 2 fully saturated rings. The van der Waals surface area contributed by atoms with Gasteiger partial charge < -0.3 is 19.7 Å². The maximum atomic E-state index is 9.31. The van der Waals surface area contributed by atoms with Crippen LogP contribution in [0.2, 0.25) is 0 Å². The second kappa shape index (κ2) is 7.91. The SMILES string of the molecule is CC(C)(OC1CCCC(CO)C1)OC1CCCC(CO)C1. The zero-order valence-electron chi connectivity index (χ0n) is 13.6. The summed E-state index contributed by atoms with van der Waals surface area (Å²) < 4.78 is 12.4. The number of hydrogen-bond donors (Lipinski definition) is 2. The van der Waals surface area contributed by atoms with E-state index in [0.29, 0.717) is 11.8 Å². The maximum absolute atomic E-state index is 9.31. The lowest BCUT2D eigenvalue weighted by Gasteiger charge is -2.39. The molecule has 0 aromatic carbocycles. The highest BCUT2D eigenvalue weighted by Crippen LogP contribution is 2.33. The summed E-state index contributed by atoms with van der Waals surface area (Å²) in [7, 11) is 0. The Bertz CT molecular complexity index is 277. The maximum Gasteiger partial charge on any atom is 0.163 e. The number of hydrogen-bond acceptors (Lipinski definition) is 4. The topological polar surface area (TPSA) is 58.9 Å². The van der Waals surface area contributed by atoms with Crippen molar-refractivity contribution in [2.24, 2.45) is 11.8 Å². The molecule has 2 aliphatic rings. The lowest BCUT2D eigenvalue weighted by Crippen LogP contribution is -2.40. The van der Waals surface area contributed by atoms with E-state index in [-0.39, 0.29) is 25.4 Å². The minimum atomic E-state index is -0.579. The molecule has 2 rings (SSSR count). The molecule has 0 radical (unpaired) electrons. The normalized spacial score (nSPS) is 34.9. The summed E-state index contributed by atoms with van der Waals surface area (Å²) in [6.45, 7) is 4.53. The van der Waals surface area contributed by atoms with Crippen LogP contribution in [0.25, 0.3) is 0 Å². The van der Waals surface area contributed by atoms with Gasteiger partial charge in [-0.05, 0) is 64.2 Å². The van der Waals surface area contributed by atoms with Crippen molar-refractivity contribution >= 4 is 0 Å². The van der Waals surface area contributed by atoms with Crippen molar-refractivity contribution in [2.75, 3.05) is 13.2 Å². The first-order valence-corrected chi connectivity index (χ1v) is 8.59. The minimum Gasteiger partial charge on any atom is -0.396 e. The van der Waals surface area contributed by atoms with Crippen LogP contribution in [-0.2, 0) is 9.47 Å². The average molecular weight is 300 g/mol. The van der Waals surface area contributed by atoms with E-state index in [1.165, 1.54) is 0 Å². The van der Waals surface area contributed by atoms with Gasteiger partial charge in [-0.25, -0.2) is 0 Å². The summed E-state index contributed by atoms with van der Waals surface area (Å²) in [4.78, 5) is 0. The highest BCUT2D eigenvalue weighted by Gasteiger charge is 2.32. The second-order valence-electron chi connectivity index (χ2n) is 7.31. The van der Waals surface area contributed by atoms with Crippen LogP contribution in [0.15, 0.2) is 0 Å². The first-order valence-electron chi connectivity index (χ1n) is 8.59. The largest absolute Gasteiger partial charge is 0.396 e. The standard InChI is InChI=1S/C17H32O4/c1-17(2,20-15-7-3-5-13(9-15)11-18)21-16-8-4-6-14(10-16)12-19/h13-16,18-19H,3-12H2,1-2H3. The number of aliphatic hydroxyl groups is 2. The fourth-order valence-corrected chi connectivity index (χ4v) is 3.86. The molecular weight excluding hydrogens is 268 g/mol. The Morgan fingerprint density at radius 1 is 0.810 bits per heavy atom. The van der Waals surface area contributed by atoms with Crippen LogP contribution in [0.1, 0.15) is 65.2 Å². The van der Waals surface area contributed by atoms with Crippen molar-refractivity contribution in [1.29, 1.82) is 0 Å². The van der Waals surface area contributed by atoms with Crippen LogP contribution in [-0.4, -0.2) is 41.4 Å². The molecule has 2 N–H and O–H groups in total. The highest BCUT2D eigenvalue weighted by atomic mass is 16.7. The fraction of sp³-hybridized carbons (Fsp3) is 1.00. The van der Waals surface area contributed by atoms with Crippen molar-refractivity contribution in [3.8, 4) is 0 Å². The summed E-state index contributed by atoms with van der Waals surface area (Å²) >= 11 is 0. The van der Waals surface area contributed by atoms with Gasteiger partial charge in [0.2, 0.25) is 0 Å². The summed E-state index contributed by atoms with van der Waals surface area (Å²) in [6, 6.07) is 0. The fourth-order valence-electron chi connectivity index (χ4n) is 3.86. The first-order chi connectivity index (χ1) is 10.0. The zero-order chi connectivity index (χ0) is 15.3. The number of rotatable bonds is 6. The van der Waals surface area contributed by atoms with Crippen molar-refractivity contribution in [3.63, 3.8) is 0 Å². The van der Waals surface area contributed by atoms with Gasteiger partial charge in [-0.15, -0.1) is 0 Å². The molecule has 21 heavy (non-hydrogen) atoms. The van der Waals surface area contributed by atoms with Crippen molar-refractivity contribution in [3.05, 3.63) is 0 Å². The smallest absolute Gasteiger partial charge is 0.163 e. The number of ether oxygens (including phenoxy) is 2. The summed E-state index contributed by atoms with van der Waals surface area (Å²) in [5.41, 5.74) is 0. The van der Waals surface area contributed by atoms with E-state index in [9.17, 15) is 10.2 Å². The van der Waals surface area contributed by atoms with Crippen LogP contribution in [0.3, 0.4) is 0 Å². The predicted molar refractivity (Wildman–Crippen MR) is 81.9 cm³/mol. The predicted octanol–water partition coefficient (Wildman–Crippen LogP) is 2.86. The Labute approximate surface area is 128 Å². The van der Waals surface area contributed by atoms with Gasteiger partial charge in [0.05, 0.1) is 12.2 Å². The molecule has 124 valence electrons. The highest BCUT2D eigenvalue weighted by molar-refractivity contribution is 4.77. The molecule has 2 saturated carbocycles. The molecule has 4 atom stereocenters. The molecule has 0 aliphatic heterocycles. The van der Waals surface area contributed by atoms with Crippen molar-refractivity contribution in [2.45, 2.75) is 83.2 Å². The van der Waals surface area contributed by atoms with Gasteiger partial charge in [-0.1, -0.05) is 12.8 Å². The van der Waals surface area contributed by atoms with E-state index in [1.54, 1.807) is 0 Å².